The lowest BCUT2D eigenvalue weighted by molar-refractivity contribution is 0.167. The highest BCUT2D eigenvalue weighted by molar-refractivity contribution is 6.34. The van der Waals surface area contributed by atoms with Crippen LogP contribution in [0.5, 0.6) is 17.2 Å². The van der Waals surface area contributed by atoms with Crippen LogP contribution in [0.15, 0.2) is 71.5 Å². The summed E-state index contributed by atoms with van der Waals surface area (Å²) in [7, 11) is 1.57. The third kappa shape index (κ3) is 4.78. The summed E-state index contributed by atoms with van der Waals surface area (Å²) in [5, 5.41) is 10.0. The fourth-order valence-corrected chi connectivity index (χ4v) is 4.64. The Bertz CT molecular complexity index is 1710. The molecule has 3 aromatic carbocycles. The van der Waals surface area contributed by atoms with Crippen molar-refractivity contribution in [3.63, 3.8) is 0 Å². The zero-order chi connectivity index (χ0) is 27.6. The van der Waals surface area contributed by atoms with E-state index in [0.29, 0.717) is 69.3 Å². The summed E-state index contributed by atoms with van der Waals surface area (Å²) in [5.41, 5.74) is 3.18. The molecule has 3 heterocycles. The molecule has 12 heteroatoms. The summed E-state index contributed by atoms with van der Waals surface area (Å²) in [4.78, 5) is 23.6. The van der Waals surface area contributed by atoms with E-state index in [9.17, 15) is 4.79 Å². The van der Waals surface area contributed by atoms with Gasteiger partial charge in [0.05, 0.1) is 34.4 Å². The van der Waals surface area contributed by atoms with Crippen LogP contribution in [0.2, 0.25) is 5.02 Å². The first-order valence-electron chi connectivity index (χ1n) is 12.3. The van der Waals surface area contributed by atoms with Crippen LogP contribution in [0.4, 0.5) is 33.6 Å². The molecule has 0 saturated heterocycles. The van der Waals surface area contributed by atoms with Crippen molar-refractivity contribution in [3.05, 3.63) is 77.7 Å². The van der Waals surface area contributed by atoms with Gasteiger partial charge in [0.15, 0.2) is 17.3 Å². The maximum absolute atomic E-state index is 12.5. The number of anilines is 5. The molecule has 6 rings (SSSR count). The molecule has 0 radical (unpaired) electrons. The Labute approximate surface area is 233 Å². The molecule has 11 nitrogen and oxygen atoms in total. The van der Waals surface area contributed by atoms with Crippen LogP contribution in [-0.2, 0) is 0 Å². The first-order valence-corrected chi connectivity index (χ1v) is 12.7. The summed E-state index contributed by atoms with van der Waals surface area (Å²) >= 11 is 6.67. The molecule has 2 N–H and O–H groups in total. The van der Waals surface area contributed by atoms with Gasteiger partial charge < -0.3 is 24.1 Å². The molecule has 2 amide bonds. The summed E-state index contributed by atoms with van der Waals surface area (Å²) in [6, 6.07) is 17.8. The van der Waals surface area contributed by atoms with Crippen LogP contribution in [0.3, 0.4) is 0 Å². The Morgan fingerprint density at radius 1 is 0.975 bits per heavy atom. The van der Waals surface area contributed by atoms with Gasteiger partial charge in [-0.3, -0.25) is 10.2 Å². The number of aromatic nitrogens is 3. The molecule has 0 bridgehead atoms. The van der Waals surface area contributed by atoms with Crippen molar-refractivity contribution < 1.29 is 23.5 Å². The Morgan fingerprint density at radius 2 is 1.77 bits per heavy atom. The number of ether oxygens (including phenoxy) is 3. The van der Waals surface area contributed by atoms with Gasteiger partial charge in [0.2, 0.25) is 11.6 Å². The van der Waals surface area contributed by atoms with Gasteiger partial charge in [-0.2, -0.15) is 0 Å². The number of benzene rings is 3. The number of hydrogen-bond acceptors (Lipinski definition) is 9. The van der Waals surface area contributed by atoms with Crippen LogP contribution < -0.4 is 29.7 Å². The van der Waals surface area contributed by atoms with Crippen LogP contribution in [0.25, 0.3) is 10.9 Å². The molecule has 0 unspecified atom stereocenters. The van der Waals surface area contributed by atoms with Crippen molar-refractivity contribution in [2.75, 3.05) is 35.9 Å². The van der Waals surface area contributed by atoms with Gasteiger partial charge in [-0.1, -0.05) is 35.0 Å². The maximum atomic E-state index is 12.5. The Hall–Kier alpha value is -5.03. The normalized spacial score (nSPS) is 12.2. The SMILES string of the molecule is COc1cc2ncnc(N(c3ccccc3)c3ccc(NC(=O)Nc4cc(C)no4)c(Cl)c3)c2c2c1OCCO2. The minimum absolute atomic E-state index is 0.222. The number of carbonyl (C=O) groups is 1. The third-order valence-electron chi connectivity index (χ3n) is 6.13. The number of halogens is 1. The predicted octanol–water partition coefficient (Wildman–Crippen LogP) is 6.47. The quantitative estimate of drug-likeness (QED) is 0.241. The number of fused-ring (bicyclic) bond motifs is 3. The molecular formula is C28H23ClN6O5. The molecule has 40 heavy (non-hydrogen) atoms. The fraction of sp³-hybridized carbons (Fsp3) is 0.143. The fourth-order valence-electron chi connectivity index (χ4n) is 4.42. The number of carbonyl (C=O) groups excluding carboxylic acids is 1. The molecule has 0 saturated carbocycles. The molecule has 1 aliphatic heterocycles. The number of para-hydroxylation sites is 1. The van der Waals surface area contributed by atoms with E-state index in [1.165, 1.54) is 6.33 Å². The van der Waals surface area contributed by atoms with Crippen molar-refractivity contribution >= 4 is 57.3 Å². The molecule has 0 atom stereocenters. The van der Waals surface area contributed by atoms with Gasteiger partial charge in [0, 0.05) is 23.5 Å². The van der Waals surface area contributed by atoms with E-state index in [4.69, 9.17) is 30.3 Å². The Balaban J connectivity index is 1.43. The summed E-state index contributed by atoms with van der Waals surface area (Å²) < 4.78 is 22.6. The zero-order valence-corrected chi connectivity index (χ0v) is 22.2. The van der Waals surface area contributed by atoms with Crippen LogP contribution in [-0.4, -0.2) is 41.5 Å². The molecular weight excluding hydrogens is 536 g/mol. The average molecular weight is 559 g/mol. The standard InChI is InChI=1S/C28H23ClN6O5/c1-16-12-23(40-34-16)33-28(36)32-20-9-8-18(13-19(20)29)35(17-6-4-3-5-7-17)27-24-21(30-15-31-27)14-22(37-2)25-26(24)39-11-10-38-25/h3-9,12-15H,10-11H2,1-2H3,(H2,32,33,36). The van der Waals surface area contributed by atoms with Crippen molar-refractivity contribution in [2.24, 2.45) is 0 Å². The van der Waals surface area contributed by atoms with E-state index in [-0.39, 0.29) is 5.88 Å². The van der Waals surface area contributed by atoms with Gasteiger partial charge >= 0.3 is 6.03 Å². The molecule has 0 spiro atoms. The van der Waals surface area contributed by atoms with Crippen molar-refractivity contribution in [2.45, 2.75) is 6.92 Å². The number of nitrogens with one attached hydrogen (secondary N) is 2. The molecule has 0 fully saturated rings. The number of methoxy groups -OCH3 is 1. The zero-order valence-electron chi connectivity index (χ0n) is 21.5. The molecule has 1 aliphatic rings. The maximum Gasteiger partial charge on any atom is 0.326 e. The van der Waals surface area contributed by atoms with Crippen molar-refractivity contribution in [1.82, 2.24) is 15.1 Å². The molecule has 5 aromatic rings. The lowest BCUT2D eigenvalue weighted by Crippen LogP contribution is -2.20. The third-order valence-corrected chi connectivity index (χ3v) is 6.44. The van der Waals surface area contributed by atoms with E-state index in [2.05, 4.69) is 25.8 Å². The van der Waals surface area contributed by atoms with Crippen LogP contribution in [0.1, 0.15) is 5.69 Å². The van der Waals surface area contributed by atoms with Gasteiger partial charge in [-0.25, -0.2) is 14.8 Å². The smallest absolute Gasteiger partial charge is 0.326 e. The number of hydrogen-bond donors (Lipinski definition) is 2. The topological polar surface area (TPSA) is 124 Å². The van der Waals surface area contributed by atoms with E-state index in [1.54, 1.807) is 38.3 Å². The van der Waals surface area contributed by atoms with Gasteiger partial charge in [0.25, 0.3) is 0 Å². The number of nitrogens with zero attached hydrogens (tertiary/aromatic N) is 4. The van der Waals surface area contributed by atoms with Crippen molar-refractivity contribution in [3.8, 4) is 17.2 Å². The van der Waals surface area contributed by atoms with Gasteiger partial charge in [-0.05, 0) is 37.3 Å². The van der Waals surface area contributed by atoms with E-state index in [1.807, 2.05) is 41.3 Å². The van der Waals surface area contributed by atoms with Gasteiger partial charge in [-0.15, -0.1) is 0 Å². The largest absolute Gasteiger partial charge is 0.493 e. The lowest BCUT2D eigenvalue weighted by atomic mass is 10.1. The summed E-state index contributed by atoms with van der Waals surface area (Å²) in [6.45, 7) is 2.53. The van der Waals surface area contributed by atoms with E-state index < -0.39 is 6.03 Å². The monoisotopic (exact) mass is 558 g/mol. The Morgan fingerprint density at radius 3 is 2.50 bits per heavy atom. The van der Waals surface area contributed by atoms with Crippen LogP contribution >= 0.6 is 11.6 Å². The first-order chi connectivity index (χ1) is 19.5. The van der Waals surface area contributed by atoms with E-state index in [0.717, 1.165) is 5.69 Å². The summed E-state index contributed by atoms with van der Waals surface area (Å²) in [5.74, 6) is 2.29. The number of urea groups is 1. The second-order valence-corrected chi connectivity index (χ2v) is 9.18. The minimum atomic E-state index is -0.523. The van der Waals surface area contributed by atoms with E-state index >= 15 is 0 Å². The first kappa shape index (κ1) is 25.3. The minimum Gasteiger partial charge on any atom is -0.493 e. The molecule has 202 valence electrons. The van der Waals surface area contributed by atoms with Crippen LogP contribution in [0, 0.1) is 6.92 Å². The van der Waals surface area contributed by atoms with Gasteiger partial charge in [0.1, 0.15) is 19.5 Å². The highest BCUT2D eigenvalue weighted by Crippen LogP contribution is 2.49. The summed E-state index contributed by atoms with van der Waals surface area (Å²) in [6.07, 6.45) is 1.48. The predicted molar refractivity (Wildman–Crippen MR) is 151 cm³/mol. The molecule has 0 aliphatic carbocycles. The Kier molecular flexibility index (Phi) is 6.71. The van der Waals surface area contributed by atoms with Crippen molar-refractivity contribution in [1.29, 1.82) is 0 Å². The number of aryl methyl sites for hydroxylation is 1. The second-order valence-electron chi connectivity index (χ2n) is 8.77. The highest BCUT2D eigenvalue weighted by atomic mass is 35.5. The molecule has 2 aromatic heterocycles. The average Bonchev–Trinajstić information content (AvgIpc) is 3.38. The lowest BCUT2D eigenvalue weighted by Gasteiger charge is -2.28. The second kappa shape index (κ2) is 10.6. The number of rotatable bonds is 6. The highest BCUT2D eigenvalue weighted by Gasteiger charge is 2.27. The number of amides is 2.